The van der Waals surface area contributed by atoms with Gasteiger partial charge in [0, 0.05) is 0 Å². The summed E-state index contributed by atoms with van der Waals surface area (Å²) in [7, 11) is 0. The molecule has 0 unspecified atom stereocenters. The highest BCUT2D eigenvalue weighted by molar-refractivity contribution is 7.16. The minimum atomic E-state index is -0.185. The van der Waals surface area contributed by atoms with Gasteiger partial charge in [-0.1, -0.05) is 29.3 Å². The number of aryl methyl sites for hydroxylation is 1. The van der Waals surface area contributed by atoms with Gasteiger partial charge in [-0.2, -0.15) is 9.78 Å². The van der Waals surface area contributed by atoms with Crippen molar-refractivity contribution in [2.45, 2.75) is 6.92 Å². The zero-order chi connectivity index (χ0) is 15.0. The monoisotopic (exact) mass is 337 g/mol. The van der Waals surface area contributed by atoms with Crippen molar-refractivity contribution in [3.63, 3.8) is 0 Å². The third kappa shape index (κ3) is 2.72. The number of fused-ring (bicyclic) bond motifs is 1. The van der Waals surface area contributed by atoms with Gasteiger partial charge in [0.25, 0.3) is 5.56 Å². The van der Waals surface area contributed by atoms with E-state index in [4.69, 9.17) is 23.2 Å². The third-order valence-electron chi connectivity index (χ3n) is 2.90. The van der Waals surface area contributed by atoms with Gasteiger partial charge >= 0.3 is 0 Å². The Morgan fingerprint density at radius 1 is 1.29 bits per heavy atom. The van der Waals surface area contributed by atoms with Crippen molar-refractivity contribution in [1.82, 2.24) is 9.66 Å². The topological polar surface area (TPSA) is 47.2 Å². The van der Waals surface area contributed by atoms with Crippen molar-refractivity contribution >= 4 is 51.0 Å². The molecule has 0 fully saturated rings. The lowest BCUT2D eigenvalue weighted by atomic mass is 10.2. The second-order valence-corrected chi connectivity index (χ2v) is 6.04. The van der Waals surface area contributed by atoms with Gasteiger partial charge in [-0.15, -0.1) is 11.3 Å². The summed E-state index contributed by atoms with van der Waals surface area (Å²) >= 11 is 13.2. The molecule has 0 spiro atoms. The second kappa shape index (κ2) is 5.60. The second-order valence-electron chi connectivity index (χ2n) is 4.33. The molecule has 3 aromatic rings. The van der Waals surface area contributed by atoms with Crippen LogP contribution in [0.1, 0.15) is 11.4 Å². The van der Waals surface area contributed by atoms with E-state index in [2.05, 4.69) is 10.1 Å². The Kier molecular flexibility index (Phi) is 3.80. The van der Waals surface area contributed by atoms with Gasteiger partial charge in [0.2, 0.25) is 0 Å². The Bertz CT molecular complexity index is 914. The minimum Gasteiger partial charge on any atom is -0.267 e. The fraction of sp³-hybridized carbons (Fsp3) is 0.0714. The van der Waals surface area contributed by atoms with Gasteiger partial charge in [0.1, 0.15) is 10.7 Å². The summed E-state index contributed by atoms with van der Waals surface area (Å²) in [5.41, 5.74) is 0.566. The third-order valence-corrected chi connectivity index (χ3v) is 4.45. The molecule has 0 aliphatic carbocycles. The van der Waals surface area contributed by atoms with Crippen LogP contribution < -0.4 is 5.56 Å². The van der Waals surface area contributed by atoms with Gasteiger partial charge in [0.15, 0.2) is 0 Å². The number of thiophene rings is 1. The lowest BCUT2D eigenvalue weighted by Crippen LogP contribution is -2.19. The van der Waals surface area contributed by atoms with Crippen LogP contribution >= 0.6 is 34.5 Å². The number of rotatable bonds is 2. The van der Waals surface area contributed by atoms with E-state index in [1.807, 2.05) is 5.38 Å². The van der Waals surface area contributed by atoms with E-state index < -0.39 is 0 Å². The zero-order valence-corrected chi connectivity index (χ0v) is 13.2. The average Bonchev–Trinajstić information content (AvgIpc) is 2.90. The highest BCUT2D eigenvalue weighted by atomic mass is 35.5. The Morgan fingerprint density at radius 2 is 2.10 bits per heavy atom. The van der Waals surface area contributed by atoms with Crippen LogP contribution in [0, 0.1) is 6.92 Å². The molecule has 2 aromatic heterocycles. The van der Waals surface area contributed by atoms with Crippen molar-refractivity contribution in [3.05, 3.63) is 61.4 Å². The summed E-state index contributed by atoms with van der Waals surface area (Å²) in [6.45, 7) is 1.74. The first kappa shape index (κ1) is 14.3. The number of hydrogen-bond donors (Lipinski definition) is 0. The summed E-state index contributed by atoms with van der Waals surface area (Å²) in [5.74, 6) is 0.534. The molecular weight excluding hydrogens is 329 g/mol. The van der Waals surface area contributed by atoms with Crippen LogP contribution in [0.15, 0.2) is 39.5 Å². The van der Waals surface area contributed by atoms with Crippen molar-refractivity contribution in [2.24, 2.45) is 5.10 Å². The van der Waals surface area contributed by atoms with Crippen LogP contribution in [0.4, 0.5) is 0 Å². The number of hydrogen-bond acceptors (Lipinski definition) is 4. The minimum absolute atomic E-state index is 0.185. The molecule has 0 radical (unpaired) electrons. The van der Waals surface area contributed by atoms with Gasteiger partial charge in [-0.25, -0.2) is 4.98 Å². The molecule has 7 heteroatoms. The largest absolute Gasteiger partial charge is 0.282 e. The van der Waals surface area contributed by atoms with Gasteiger partial charge in [-0.05, 0) is 36.1 Å². The molecule has 3 rings (SSSR count). The first-order chi connectivity index (χ1) is 10.1. The molecule has 0 saturated heterocycles. The Labute approximate surface area is 134 Å². The highest BCUT2D eigenvalue weighted by Crippen LogP contribution is 2.21. The number of benzene rings is 1. The van der Waals surface area contributed by atoms with Crippen LogP contribution in [-0.2, 0) is 0 Å². The Balaban J connectivity index is 2.06. The zero-order valence-electron chi connectivity index (χ0n) is 10.9. The summed E-state index contributed by atoms with van der Waals surface area (Å²) in [4.78, 5) is 17.4. The Hall–Kier alpha value is -1.69. The molecule has 0 saturated carbocycles. The first-order valence-electron chi connectivity index (χ1n) is 6.02. The molecule has 4 nitrogen and oxygen atoms in total. The quantitative estimate of drug-likeness (QED) is 0.664. The smallest absolute Gasteiger partial charge is 0.267 e. The van der Waals surface area contributed by atoms with E-state index in [1.165, 1.54) is 16.0 Å². The highest BCUT2D eigenvalue weighted by Gasteiger charge is 2.07. The van der Waals surface area contributed by atoms with Crippen LogP contribution in [0.25, 0.3) is 10.2 Å². The molecule has 0 aliphatic rings. The van der Waals surface area contributed by atoms with Gasteiger partial charge in [0.05, 0.1) is 21.6 Å². The van der Waals surface area contributed by atoms with E-state index in [-0.39, 0.29) is 5.56 Å². The van der Waals surface area contributed by atoms with E-state index >= 15 is 0 Å². The van der Waals surface area contributed by atoms with Gasteiger partial charge in [-0.3, -0.25) is 4.79 Å². The molecule has 0 N–H and O–H groups in total. The molecule has 21 heavy (non-hydrogen) atoms. The number of nitrogens with zero attached hydrogens (tertiary/aromatic N) is 3. The van der Waals surface area contributed by atoms with Crippen LogP contribution in [0.5, 0.6) is 0 Å². The number of halogens is 2. The van der Waals surface area contributed by atoms with E-state index in [9.17, 15) is 4.79 Å². The van der Waals surface area contributed by atoms with Crippen molar-refractivity contribution in [3.8, 4) is 0 Å². The van der Waals surface area contributed by atoms with Crippen molar-refractivity contribution < 1.29 is 0 Å². The maximum atomic E-state index is 12.3. The first-order valence-corrected chi connectivity index (χ1v) is 7.66. The molecule has 2 heterocycles. The normalized spacial score (nSPS) is 11.6. The lowest BCUT2D eigenvalue weighted by Gasteiger charge is -2.03. The van der Waals surface area contributed by atoms with Crippen LogP contribution in [-0.4, -0.2) is 15.9 Å². The lowest BCUT2D eigenvalue weighted by molar-refractivity contribution is 0.772. The molecule has 0 bridgehead atoms. The fourth-order valence-electron chi connectivity index (χ4n) is 1.86. The SMILES string of the molecule is Cc1nc2sccc2c(=O)n1/N=C/c1ccc(Cl)c(Cl)c1. The maximum Gasteiger partial charge on any atom is 0.282 e. The summed E-state index contributed by atoms with van der Waals surface area (Å²) in [6, 6.07) is 6.89. The fourth-order valence-corrected chi connectivity index (χ4v) is 2.97. The summed E-state index contributed by atoms with van der Waals surface area (Å²) in [6.07, 6.45) is 1.55. The molecule has 106 valence electrons. The van der Waals surface area contributed by atoms with E-state index in [0.717, 1.165) is 10.4 Å². The van der Waals surface area contributed by atoms with E-state index in [0.29, 0.717) is 21.3 Å². The van der Waals surface area contributed by atoms with E-state index in [1.54, 1.807) is 37.4 Å². The van der Waals surface area contributed by atoms with Crippen molar-refractivity contribution in [2.75, 3.05) is 0 Å². The molecule has 0 atom stereocenters. The van der Waals surface area contributed by atoms with Crippen LogP contribution in [0.3, 0.4) is 0 Å². The maximum absolute atomic E-state index is 12.3. The molecule has 0 aliphatic heterocycles. The summed E-state index contributed by atoms with van der Waals surface area (Å²) < 4.78 is 1.28. The number of aromatic nitrogens is 2. The molecule has 1 aromatic carbocycles. The predicted octanol–water partition coefficient (Wildman–Crippen LogP) is 3.96. The Morgan fingerprint density at radius 3 is 2.86 bits per heavy atom. The van der Waals surface area contributed by atoms with Crippen LogP contribution in [0.2, 0.25) is 10.0 Å². The van der Waals surface area contributed by atoms with Crippen molar-refractivity contribution in [1.29, 1.82) is 0 Å². The average molecular weight is 338 g/mol. The standard InChI is InChI=1S/C14H9Cl2N3OS/c1-8-18-13-10(4-5-21-13)14(20)19(8)17-7-9-2-3-11(15)12(16)6-9/h2-7H,1H3/b17-7+. The molecular formula is C14H9Cl2N3OS. The predicted molar refractivity (Wildman–Crippen MR) is 88.1 cm³/mol. The summed E-state index contributed by atoms with van der Waals surface area (Å²) in [5, 5.41) is 7.52. The molecule has 0 amide bonds. The van der Waals surface area contributed by atoms with Gasteiger partial charge < -0.3 is 0 Å².